The minimum atomic E-state index is -0.731. The van der Waals surface area contributed by atoms with Crippen LogP contribution in [-0.4, -0.2) is 77.1 Å². The molecule has 39 heavy (non-hydrogen) atoms. The second-order valence-corrected chi connectivity index (χ2v) is 12.6. The van der Waals surface area contributed by atoms with Crippen molar-refractivity contribution in [1.82, 2.24) is 14.7 Å². The van der Waals surface area contributed by atoms with Crippen molar-refractivity contribution in [1.29, 1.82) is 0 Å². The van der Waals surface area contributed by atoms with Gasteiger partial charge in [0.1, 0.15) is 11.7 Å². The molecule has 1 spiro atoms. The number of amides is 1. The Morgan fingerprint density at radius 3 is 2.77 bits per heavy atom. The molecule has 1 saturated carbocycles. The highest BCUT2D eigenvalue weighted by Gasteiger charge is 2.51. The molecule has 12 heteroatoms. The second kappa shape index (κ2) is 11.4. The average Bonchev–Trinajstić information content (AvgIpc) is 3.28. The Labute approximate surface area is 241 Å². The standard InChI is InChI=1S/C27H35BrClN3O7/c1-26(2,3)39-24(33)31-8-11-37-27(16-31)13-17(14-27)38-25(34)36-10-7-18-20(29)12-21-19(23(18)28)15-30-32(21)22-6-4-5-9-35-22/h12,15,17,22H,4-11,13-14,16H2,1-3H3. The maximum atomic E-state index is 12.4. The van der Waals surface area contributed by atoms with Gasteiger partial charge in [0.25, 0.3) is 0 Å². The van der Waals surface area contributed by atoms with Crippen LogP contribution < -0.4 is 0 Å². The number of aromatic nitrogens is 2. The maximum Gasteiger partial charge on any atom is 0.508 e. The predicted octanol–water partition coefficient (Wildman–Crippen LogP) is 6.02. The summed E-state index contributed by atoms with van der Waals surface area (Å²) in [6.07, 6.45) is 4.81. The largest absolute Gasteiger partial charge is 0.508 e. The molecule has 3 fully saturated rings. The van der Waals surface area contributed by atoms with Gasteiger partial charge in [-0.25, -0.2) is 14.3 Å². The van der Waals surface area contributed by atoms with E-state index in [2.05, 4.69) is 21.0 Å². The lowest BCUT2D eigenvalue weighted by atomic mass is 9.76. The van der Waals surface area contributed by atoms with Crippen molar-refractivity contribution >= 4 is 50.7 Å². The third-order valence-electron chi connectivity index (χ3n) is 7.25. The highest BCUT2D eigenvalue weighted by Crippen LogP contribution is 2.41. The zero-order valence-electron chi connectivity index (χ0n) is 22.5. The Morgan fingerprint density at radius 2 is 2.05 bits per heavy atom. The fourth-order valence-electron chi connectivity index (χ4n) is 5.37. The molecule has 1 amide bonds. The molecular weight excluding hydrogens is 594 g/mol. The molecule has 2 aromatic rings. The summed E-state index contributed by atoms with van der Waals surface area (Å²) >= 11 is 10.3. The van der Waals surface area contributed by atoms with Crippen LogP contribution in [-0.2, 0) is 30.1 Å². The Hall–Kier alpha value is -2.08. The SMILES string of the molecule is CC(C)(C)OC(=O)N1CCOC2(CC(OC(=O)OCCc3c(Cl)cc4c(cnn4C4CCCCO4)c3Br)C2)C1. The van der Waals surface area contributed by atoms with Gasteiger partial charge in [0.2, 0.25) is 0 Å². The van der Waals surface area contributed by atoms with Crippen molar-refractivity contribution in [3.63, 3.8) is 0 Å². The molecule has 3 aliphatic rings. The smallest absolute Gasteiger partial charge is 0.444 e. The van der Waals surface area contributed by atoms with Gasteiger partial charge in [-0.2, -0.15) is 5.10 Å². The Balaban J connectivity index is 1.10. The molecule has 1 aromatic heterocycles. The molecule has 1 aliphatic carbocycles. The van der Waals surface area contributed by atoms with Gasteiger partial charge in [-0.1, -0.05) is 11.6 Å². The van der Waals surface area contributed by atoms with Crippen LogP contribution in [0.4, 0.5) is 9.59 Å². The van der Waals surface area contributed by atoms with Crippen molar-refractivity contribution in [2.45, 2.75) is 82.8 Å². The van der Waals surface area contributed by atoms with Gasteiger partial charge in [-0.15, -0.1) is 0 Å². The van der Waals surface area contributed by atoms with E-state index in [1.54, 1.807) is 11.1 Å². The van der Waals surface area contributed by atoms with Gasteiger partial charge >= 0.3 is 12.2 Å². The number of hydrogen-bond acceptors (Lipinski definition) is 8. The number of benzene rings is 1. The number of carbonyl (C=O) groups is 2. The second-order valence-electron chi connectivity index (χ2n) is 11.4. The maximum absolute atomic E-state index is 12.4. The van der Waals surface area contributed by atoms with E-state index in [-0.39, 0.29) is 25.0 Å². The van der Waals surface area contributed by atoms with Gasteiger partial charge in [0.05, 0.1) is 37.1 Å². The first kappa shape index (κ1) is 28.4. The lowest BCUT2D eigenvalue weighted by Crippen LogP contribution is -2.62. The Morgan fingerprint density at radius 1 is 1.26 bits per heavy atom. The molecule has 214 valence electrons. The summed E-state index contributed by atoms with van der Waals surface area (Å²) < 4.78 is 30.9. The molecule has 2 saturated heterocycles. The van der Waals surface area contributed by atoms with Crippen molar-refractivity contribution in [3.8, 4) is 0 Å². The van der Waals surface area contributed by atoms with E-state index in [0.717, 1.165) is 46.8 Å². The highest BCUT2D eigenvalue weighted by molar-refractivity contribution is 9.10. The minimum Gasteiger partial charge on any atom is -0.444 e. The van der Waals surface area contributed by atoms with Gasteiger partial charge in [0, 0.05) is 47.3 Å². The van der Waals surface area contributed by atoms with Crippen molar-refractivity contribution in [2.75, 3.05) is 32.9 Å². The zero-order chi connectivity index (χ0) is 27.8. The van der Waals surface area contributed by atoms with Crippen molar-refractivity contribution < 1.29 is 33.3 Å². The van der Waals surface area contributed by atoms with E-state index >= 15 is 0 Å². The van der Waals surface area contributed by atoms with Crippen LogP contribution in [0.1, 0.15) is 64.7 Å². The van der Waals surface area contributed by atoms with Crippen molar-refractivity contribution in [3.05, 3.63) is 27.3 Å². The highest BCUT2D eigenvalue weighted by atomic mass is 79.9. The number of halogens is 2. The Bertz CT molecular complexity index is 1220. The van der Waals surface area contributed by atoms with Crippen LogP contribution >= 0.6 is 27.5 Å². The van der Waals surface area contributed by atoms with E-state index < -0.39 is 17.4 Å². The number of rotatable bonds is 5. The molecule has 1 atom stereocenters. The summed E-state index contributed by atoms with van der Waals surface area (Å²) in [5, 5.41) is 6.04. The van der Waals surface area contributed by atoms with Gasteiger partial charge in [-0.3, -0.25) is 0 Å². The van der Waals surface area contributed by atoms with Crippen LogP contribution in [0, 0.1) is 0 Å². The normalized spacial score (nSPS) is 25.4. The fourth-order valence-corrected chi connectivity index (χ4v) is 6.49. The number of hydrogen-bond donors (Lipinski definition) is 0. The van der Waals surface area contributed by atoms with Crippen LogP contribution in [0.15, 0.2) is 16.7 Å². The van der Waals surface area contributed by atoms with E-state index in [1.807, 2.05) is 31.5 Å². The van der Waals surface area contributed by atoms with E-state index in [4.69, 9.17) is 35.3 Å². The lowest BCUT2D eigenvalue weighted by molar-refractivity contribution is -0.192. The molecule has 2 aliphatic heterocycles. The summed E-state index contributed by atoms with van der Waals surface area (Å²) in [7, 11) is 0. The molecule has 3 heterocycles. The summed E-state index contributed by atoms with van der Waals surface area (Å²) in [4.78, 5) is 26.5. The summed E-state index contributed by atoms with van der Waals surface area (Å²) in [6, 6.07) is 1.89. The number of ether oxygens (including phenoxy) is 5. The molecule has 0 N–H and O–H groups in total. The first-order valence-electron chi connectivity index (χ1n) is 13.4. The zero-order valence-corrected chi connectivity index (χ0v) is 24.9. The molecular formula is C27H35BrClN3O7. The Kier molecular flexibility index (Phi) is 8.33. The predicted molar refractivity (Wildman–Crippen MR) is 147 cm³/mol. The molecule has 0 bridgehead atoms. The van der Waals surface area contributed by atoms with Crippen molar-refractivity contribution in [2.24, 2.45) is 0 Å². The summed E-state index contributed by atoms with van der Waals surface area (Å²) in [5.74, 6) is 0. The number of fused-ring (bicyclic) bond motifs is 1. The van der Waals surface area contributed by atoms with Gasteiger partial charge in [0.15, 0.2) is 6.23 Å². The molecule has 0 radical (unpaired) electrons. The molecule has 1 unspecified atom stereocenters. The number of nitrogens with zero attached hydrogens (tertiary/aromatic N) is 3. The lowest BCUT2D eigenvalue weighted by Gasteiger charge is -2.51. The van der Waals surface area contributed by atoms with Gasteiger partial charge < -0.3 is 28.6 Å². The summed E-state index contributed by atoms with van der Waals surface area (Å²) in [5.41, 5.74) is 0.661. The van der Waals surface area contributed by atoms with E-state index in [9.17, 15) is 9.59 Å². The first-order valence-corrected chi connectivity index (χ1v) is 14.6. The fraction of sp³-hybridized carbons (Fsp3) is 0.667. The molecule has 1 aromatic carbocycles. The first-order chi connectivity index (χ1) is 18.5. The quantitative estimate of drug-likeness (QED) is 0.371. The monoisotopic (exact) mass is 627 g/mol. The molecule has 10 nitrogen and oxygen atoms in total. The van der Waals surface area contributed by atoms with Crippen LogP contribution in [0.3, 0.4) is 0 Å². The van der Waals surface area contributed by atoms with Crippen LogP contribution in [0.2, 0.25) is 5.02 Å². The minimum absolute atomic E-state index is 0.0896. The summed E-state index contributed by atoms with van der Waals surface area (Å²) in [6.45, 7) is 7.67. The average molecular weight is 629 g/mol. The van der Waals surface area contributed by atoms with Crippen LogP contribution in [0.5, 0.6) is 0 Å². The third-order valence-corrected chi connectivity index (χ3v) is 8.49. The van der Waals surface area contributed by atoms with E-state index in [1.165, 1.54) is 0 Å². The topological polar surface area (TPSA) is 101 Å². The number of morpholine rings is 1. The third kappa shape index (κ3) is 6.47. The van der Waals surface area contributed by atoms with Crippen LogP contribution in [0.25, 0.3) is 10.9 Å². The van der Waals surface area contributed by atoms with E-state index in [0.29, 0.717) is 44.0 Å². The number of carbonyl (C=O) groups excluding carboxylic acids is 2. The molecule has 5 rings (SSSR count). The van der Waals surface area contributed by atoms with Gasteiger partial charge in [-0.05, 0) is 67.6 Å².